The van der Waals surface area contributed by atoms with Crippen LogP contribution < -0.4 is 10.1 Å². The van der Waals surface area contributed by atoms with Gasteiger partial charge in [-0.25, -0.2) is 9.78 Å². The molecule has 0 atom stereocenters. The fourth-order valence-electron chi connectivity index (χ4n) is 3.54. The van der Waals surface area contributed by atoms with Crippen LogP contribution >= 0.6 is 23.1 Å². The number of thiophene rings is 1. The zero-order chi connectivity index (χ0) is 24.1. The Labute approximate surface area is 206 Å². The molecular weight excluding hydrogens is 468 g/mol. The van der Waals surface area contributed by atoms with Crippen molar-refractivity contribution in [2.24, 2.45) is 0 Å². The summed E-state index contributed by atoms with van der Waals surface area (Å²) in [6, 6.07) is 17.3. The van der Waals surface area contributed by atoms with E-state index in [0.717, 1.165) is 38.4 Å². The van der Waals surface area contributed by atoms with Crippen molar-refractivity contribution in [2.45, 2.75) is 18.9 Å². The maximum atomic E-state index is 12.8. The molecule has 0 fully saturated rings. The standard InChI is InChI=1S/C26H24N2O4S2/c1-4-32-26(30)24-20(17-8-6-5-7-9-17)14-34-25(24)28-22(29)15-33-23-12-16(2)19-11-10-18(31-3)13-21(19)27-23/h5-14H,4,15H2,1-3H3,(H,28,29). The maximum absolute atomic E-state index is 12.8. The van der Waals surface area contributed by atoms with Gasteiger partial charge in [-0.15, -0.1) is 11.3 Å². The topological polar surface area (TPSA) is 77.5 Å². The highest BCUT2D eigenvalue weighted by Crippen LogP contribution is 2.36. The van der Waals surface area contributed by atoms with Crippen LogP contribution in [-0.4, -0.2) is 36.3 Å². The van der Waals surface area contributed by atoms with Crippen LogP contribution in [0.3, 0.4) is 0 Å². The maximum Gasteiger partial charge on any atom is 0.341 e. The minimum Gasteiger partial charge on any atom is -0.497 e. The molecule has 0 radical (unpaired) electrons. The second-order valence-electron chi connectivity index (χ2n) is 7.44. The molecule has 0 bridgehead atoms. The van der Waals surface area contributed by atoms with E-state index in [2.05, 4.69) is 10.3 Å². The number of benzene rings is 2. The Morgan fingerprint density at radius 3 is 2.65 bits per heavy atom. The summed E-state index contributed by atoms with van der Waals surface area (Å²) < 4.78 is 10.6. The van der Waals surface area contributed by atoms with E-state index in [4.69, 9.17) is 9.47 Å². The summed E-state index contributed by atoms with van der Waals surface area (Å²) in [7, 11) is 1.62. The van der Waals surface area contributed by atoms with Crippen LogP contribution in [-0.2, 0) is 9.53 Å². The minimum atomic E-state index is -0.452. The van der Waals surface area contributed by atoms with Gasteiger partial charge in [0.15, 0.2) is 0 Å². The van der Waals surface area contributed by atoms with Crippen LogP contribution in [0.15, 0.2) is 65.0 Å². The Kier molecular flexibility index (Phi) is 7.49. The van der Waals surface area contributed by atoms with Gasteiger partial charge in [0.2, 0.25) is 5.91 Å². The molecule has 34 heavy (non-hydrogen) atoms. The normalized spacial score (nSPS) is 10.8. The van der Waals surface area contributed by atoms with Crippen LogP contribution in [0.5, 0.6) is 5.75 Å². The average Bonchev–Trinajstić information content (AvgIpc) is 3.26. The summed E-state index contributed by atoms with van der Waals surface area (Å²) in [4.78, 5) is 30.2. The van der Waals surface area contributed by atoms with Gasteiger partial charge in [-0.2, -0.15) is 0 Å². The summed E-state index contributed by atoms with van der Waals surface area (Å²) in [5.41, 5.74) is 3.91. The number of hydrogen-bond donors (Lipinski definition) is 1. The third-order valence-electron chi connectivity index (χ3n) is 5.16. The molecule has 4 rings (SSSR count). The van der Waals surface area contributed by atoms with Crippen molar-refractivity contribution in [3.05, 3.63) is 71.1 Å². The van der Waals surface area contributed by atoms with Gasteiger partial charge in [0.05, 0.1) is 30.0 Å². The molecule has 1 amide bonds. The number of nitrogens with zero attached hydrogens (tertiary/aromatic N) is 1. The molecule has 0 unspecified atom stereocenters. The van der Waals surface area contributed by atoms with Crippen molar-refractivity contribution in [3.8, 4) is 16.9 Å². The molecule has 0 saturated heterocycles. The van der Waals surface area contributed by atoms with Crippen LogP contribution in [0.4, 0.5) is 5.00 Å². The number of nitrogens with one attached hydrogen (secondary N) is 1. The second kappa shape index (κ2) is 10.7. The fourth-order valence-corrected chi connectivity index (χ4v) is 5.29. The summed E-state index contributed by atoms with van der Waals surface area (Å²) >= 11 is 2.65. The number of thioether (sulfide) groups is 1. The molecule has 6 nitrogen and oxygen atoms in total. The molecule has 2 aromatic heterocycles. The van der Waals surface area contributed by atoms with Crippen LogP contribution in [0.1, 0.15) is 22.8 Å². The molecule has 0 saturated carbocycles. The van der Waals surface area contributed by atoms with Gasteiger partial charge < -0.3 is 14.8 Å². The summed E-state index contributed by atoms with van der Waals surface area (Å²) in [6.45, 7) is 4.03. The Bertz CT molecular complexity index is 1340. The number of amides is 1. The molecular formula is C26H24N2O4S2. The lowest BCUT2D eigenvalue weighted by atomic mass is 10.0. The molecule has 1 N–H and O–H groups in total. The Balaban J connectivity index is 1.52. The van der Waals surface area contributed by atoms with Gasteiger partial charge in [0.25, 0.3) is 0 Å². The summed E-state index contributed by atoms with van der Waals surface area (Å²) in [6.07, 6.45) is 0. The van der Waals surface area contributed by atoms with Crippen LogP contribution in [0, 0.1) is 6.92 Å². The summed E-state index contributed by atoms with van der Waals surface area (Å²) in [5, 5.41) is 7.03. The predicted octanol–water partition coefficient (Wildman–Crippen LogP) is 6.19. The molecule has 0 aliphatic carbocycles. The molecule has 174 valence electrons. The third-order valence-corrected chi connectivity index (χ3v) is 6.97. The number of ether oxygens (including phenoxy) is 2. The number of fused-ring (bicyclic) bond motifs is 1. The number of carbonyl (C=O) groups is 2. The average molecular weight is 493 g/mol. The Hall–Kier alpha value is -3.36. The van der Waals surface area contributed by atoms with Crippen LogP contribution in [0.25, 0.3) is 22.0 Å². The Morgan fingerprint density at radius 1 is 1.12 bits per heavy atom. The molecule has 2 aromatic carbocycles. The largest absolute Gasteiger partial charge is 0.497 e. The number of anilines is 1. The van der Waals surface area contributed by atoms with E-state index in [9.17, 15) is 9.59 Å². The number of hydrogen-bond acceptors (Lipinski definition) is 7. The lowest BCUT2D eigenvalue weighted by Crippen LogP contribution is -2.16. The van der Waals surface area contributed by atoms with Crippen molar-refractivity contribution in [1.29, 1.82) is 0 Å². The van der Waals surface area contributed by atoms with Crippen molar-refractivity contribution >= 4 is 50.9 Å². The Morgan fingerprint density at radius 2 is 1.91 bits per heavy atom. The van der Waals surface area contributed by atoms with E-state index in [0.29, 0.717) is 10.6 Å². The van der Waals surface area contributed by atoms with Gasteiger partial charge in [-0.05, 0) is 43.2 Å². The van der Waals surface area contributed by atoms with E-state index in [-0.39, 0.29) is 18.3 Å². The lowest BCUT2D eigenvalue weighted by Gasteiger charge is -2.10. The van der Waals surface area contributed by atoms with E-state index >= 15 is 0 Å². The number of rotatable bonds is 8. The van der Waals surface area contributed by atoms with Crippen LogP contribution in [0.2, 0.25) is 0 Å². The molecule has 0 aliphatic rings. The highest BCUT2D eigenvalue weighted by Gasteiger charge is 2.22. The van der Waals surface area contributed by atoms with Gasteiger partial charge in [-0.3, -0.25) is 4.79 Å². The molecule has 0 spiro atoms. The van der Waals surface area contributed by atoms with Crippen molar-refractivity contribution < 1.29 is 19.1 Å². The third kappa shape index (κ3) is 5.24. The van der Waals surface area contributed by atoms with E-state index < -0.39 is 5.97 Å². The summed E-state index contributed by atoms with van der Waals surface area (Å²) in [5.74, 6) is 0.217. The second-order valence-corrected chi connectivity index (χ2v) is 9.31. The number of aromatic nitrogens is 1. The van der Waals surface area contributed by atoms with E-state index in [1.165, 1.54) is 23.1 Å². The van der Waals surface area contributed by atoms with Gasteiger partial charge in [-0.1, -0.05) is 42.1 Å². The highest BCUT2D eigenvalue weighted by molar-refractivity contribution is 7.99. The number of methoxy groups -OCH3 is 1. The number of aryl methyl sites for hydroxylation is 1. The first-order valence-electron chi connectivity index (χ1n) is 10.7. The predicted molar refractivity (Wildman–Crippen MR) is 138 cm³/mol. The first-order chi connectivity index (χ1) is 16.5. The van der Waals surface area contributed by atoms with Crippen molar-refractivity contribution in [2.75, 3.05) is 24.8 Å². The smallest absolute Gasteiger partial charge is 0.341 e. The first kappa shape index (κ1) is 23.8. The number of pyridine rings is 1. The molecule has 2 heterocycles. The SMILES string of the molecule is CCOC(=O)c1c(-c2ccccc2)csc1NC(=O)CSc1cc(C)c2ccc(OC)cc2n1. The van der Waals surface area contributed by atoms with E-state index in [1.807, 2.05) is 66.9 Å². The molecule has 0 aliphatic heterocycles. The zero-order valence-electron chi connectivity index (χ0n) is 19.1. The first-order valence-corrected chi connectivity index (χ1v) is 12.6. The van der Waals surface area contributed by atoms with Crippen molar-refractivity contribution in [3.63, 3.8) is 0 Å². The quantitative estimate of drug-likeness (QED) is 0.233. The number of carbonyl (C=O) groups excluding carboxylic acids is 2. The zero-order valence-corrected chi connectivity index (χ0v) is 20.7. The fraction of sp³-hybridized carbons (Fsp3) is 0.192. The number of esters is 1. The van der Waals surface area contributed by atoms with Crippen molar-refractivity contribution in [1.82, 2.24) is 4.98 Å². The monoisotopic (exact) mass is 492 g/mol. The van der Waals surface area contributed by atoms with Gasteiger partial charge in [0, 0.05) is 22.4 Å². The molecule has 4 aromatic rings. The van der Waals surface area contributed by atoms with Gasteiger partial charge >= 0.3 is 5.97 Å². The lowest BCUT2D eigenvalue weighted by molar-refractivity contribution is -0.113. The van der Waals surface area contributed by atoms with E-state index in [1.54, 1.807) is 14.0 Å². The van der Waals surface area contributed by atoms with Gasteiger partial charge in [0.1, 0.15) is 16.3 Å². The molecule has 8 heteroatoms. The highest BCUT2D eigenvalue weighted by atomic mass is 32.2. The minimum absolute atomic E-state index is 0.156.